The van der Waals surface area contributed by atoms with Gasteiger partial charge < -0.3 is 55.5 Å². The number of aliphatic hydroxyl groups excluding tert-OH is 10. The van der Waals surface area contributed by atoms with Gasteiger partial charge in [-0.25, -0.2) is 0 Å². The minimum atomic E-state index is -0.195. The molecule has 0 spiro atoms. The van der Waals surface area contributed by atoms with Gasteiger partial charge in [-0.15, -0.1) is 47.0 Å². The average Bonchev–Trinajstić information content (AvgIpc) is 0.741. The summed E-state index contributed by atoms with van der Waals surface area (Å²) >= 11 is 9.20. The highest BCUT2D eigenvalue weighted by molar-refractivity contribution is 8.00. The molecule has 8 aromatic rings. The Morgan fingerprint density at radius 2 is 0.554 bits per heavy atom. The van der Waals surface area contributed by atoms with Crippen LogP contribution in [0.3, 0.4) is 0 Å². The van der Waals surface area contributed by atoms with Gasteiger partial charge in [0.2, 0.25) is 0 Å². The molecule has 0 fully saturated rings. The lowest BCUT2D eigenvalue weighted by molar-refractivity contribution is 0.167. The van der Waals surface area contributed by atoms with Crippen LogP contribution in [-0.4, -0.2) is 171 Å². The predicted molar refractivity (Wildman–Crippen MR) is 636 cm³/mol. The number of rotatable bonds is 49. The van der Waals surface area contributed by atoms with E-state index in [0.29, 0.717) is 0 Å². The number of nitrogens with zero attached hydrogens (tertiary/aromatic N) is 1. The van der Waals surface area contributed by atoms with Gasteiger partial charge in [-0.1, -0.05) is 357 Å². The number of aromatic nitrogens is 1. The van der Waals surface area contributed by atoms with Crippen molar-refractivity contribution in [3.05, 3.63) is 273 Å². The fourth-order valence-corrected chi connectivity index (χ4v) is 17.1. The van der Waals surface area contributed by atoms with E-state index in [-0.39, 0.29) is 73.3 Å². The SMILES string of the molecule is CC/C=C/CO.CC/C=C/CO.CC/C=C/CO.CC/C=C/CO.CC/C=C/CO.CC/C=C\CC.CC/C=C\CC.CC/C=C\CC.CC/C=C\CC.CC/C=C\CC.CCC(O)CCSCCC[SiH2]OC.CCC(O)CCSc1ccc2ccc3cccc4ccc1c2c34.CCC(O)CCSc1ccc2ccccc2c1.CCC(O)CCSc1ccccc1.CCC(O)CCSc1ccncc1. The Balaban J connectivity index is -0.000000277. The van der Waals surface area contributed by atoms with Gasteiger partial charge in [0.05, 0.1) is 63.6 Å². The lowest BCUT2D eigenvalue weighted by atomic mass is 9.94. The van der Waals surface area contributed by atoms with Crippen LogP contribution in [0, 0.1) is 0 Å². The molecule has 0 bridgehead atoms. The van der Waals surface area contributed by atoms with Crippen LogP contribution < -0.4 is 0 Å². The van der Waals surface area contributed by atoms with Crippen molar-refractivity contribution < 1.29 is 55.5 Å². The number of allylic oxidation sites excluding steroid dienone is 15. The Morgan fingerprint density at radius 1 is 0.273 bits per heavy atom. The zero-order chi connectivity index (χ0) is 105. The fourth-order valence-electron chi connectivity index (χ4n) is 11.0. The number of fused-ring (bicyclic) bond motifs is 1. The Bertz CT molecular complexity index is 3700. The first-order valence-electron chi connectivity index (χ1n) is 52.3. The summed E-state index contributed by atoms with van der Waals surface area (Å²) in [5, 5.41) is 98.3. The van der Waals surface area contributed by atoms with Crippen LogP contribution in [0.5, 0.6) is 0 Å². The molecule has 0 amide bonds. The van der Waals surface area contributed by atoms with Crippen LogP contribution in [0.1, 0.15) is 305 Å². The normalized spacial score (nSPS) is 11.9. The van der Waals surface area contributed by atoms with Crippen molar-refractivity contribution in [2.24, 2.45) is 0 Å². The first kappa shape index (κ1) is 146. The van der Waals surface area contributed by atoms with Crippen molar-refractivity contribution in [3.8, 4) is 0 Å². The first-order chi connectivity index (χ1) is 67.7. The molecule has 18 heteroatoms. The molecular weight excluding hydrogens is 1830 g/mol. The largest absolute Gasteiger partial charge is 0.427 e. The minimum absolute atomic E-state index is 0.0825. The van der Waals surface area contributed by atoms with E-state index in [4.69, 9.17) is 30.0 Å². The van der Waals surface area contributed by atoms with E-state index in [0.717, 1.165) is 125 Å². The van der Waals surface area contributed by atoms with Gasteiger partial charge in [-0.2, -0.15) is 11.8 Å². The summed E-state index contributed by atoms with van der Waals surface area (Å²) < 4.78 is 5.09. The van der Waals surface area contributed by atoms with E-state index >= 15 is 0 Å². The Morgan fingerprint density at radius 3 is 0.885 bits per heavy atom. The summed E-state index contributed by atoms with van der Waals surface area (Å²) in [7, 11) is 1.61. The molecule has 12 nitrogen and oxygen atoms in total. The molecule has 5 atom stereocenters. The van der Waals surface area contributed by atoms with Crippen LogP contribution >= 0.6 is 58.8 Å². The van der Waals surface area contributed by atoms with Gasteiger partial charge in [0.25, 0.3) is 0 Å². The van der Waals surface area contributed by atoms with Gasteiger partial charge in [0.15, 0.2) is 9.76 Å². The van der Waals surface area contributed by atoms with Crippen LogP contribution in [0.4, 0.5) is 0 Å². The molecular formula is C121H201NO11S5Si. The van der Waals surface area contributed by atoms with E-state index < -0.39 is 0 Å². The number of hydrogen-bond acceptors (Lipinski definition) is 17. The lowest BCUT2D eigenvalue weighted by Gasteiger charge is -2.14. The molecule has 1 heterocycles. The zero-order valence-corrected chi connectivity index (χ0v) is 96.3. The molecule has 0 radical (unpaired) electrons. The first-order valence-corrected chi connectivity index (χ1v) is 59.0. The highest BCUT2D eigenvalue weighted by Crippen LogP contribution is 2.39. The van der Waals surface area contributed by atoms with Gasteiger partial charge in [0, 0.05) is 62.1 Å². The summed E-state index contributed by atoms with van der Waals surface area (Å²) in [4.78, 5) is 9.05. The van der Waals surface area contributed by atoms with Gasteiger partial charge in [0.1, 0.15) is 0 Å². The van der Waals surface area contributed by atoms with E-state index in [1.807, 2.05) is 165 Å². The Labute approximate surface area is 875 Å². The summed E-state index contributed by atoms with van der Waals surface area (Å²) in [5.41, 5.74) is 0. The second kappa shape index (κ2) is 122. The van der Waals surface area contributed by atoms with Gasteiger partial charge in [-0.05, 0) is 270 Å². The fraction of sp³-hybridized carbons (Fsp3) is 0.529. The van der Waals surface area contributed by atoms with Crippen LogP contribution in [-0.2, 0) is 4.43 Å². The van der Waals surface area contributed by atoms with Crippen molar-refractivity contribution >= 4 is 112 Å². The number of benzene rings is 7. The third kappa shape index (κ3) is 102. The summed E-state index contributed by atoms with van der Waals surface area (Å²) in [5.74, 6) is 6.24. The topological polar surface area (TPSA) is 224 Å². The molecule has 0 aliphatic heterocycles. The standard InChI is InChI=1S/C21H20OS.C15H18OS.C11H16OS.C10H15NOS.C9H22O2SSi.5C6H12.5C5H10O/c1-2-17(22)12-13-23-19-11-9-16-7-6-14-4-3-5-15-8-10-18(19)21(16)20(14)15;1-2-14(16)9-10-17-15-8-7-12-5-3-4-6-13(12)11-15;1-2-10(12)8-9-13-11-6-4-3-5-7-11;1-2-9(12)5-8-13-10-3-6-11-7-4-10;1-3-9(10)5-7-12-6-4-8-13-11-2;5*1-3-5-6-4-2;5*1-2-3-4-5-6/h3-11,17,22H,2,12-13H2,1H3;3-8,11,14,16H,2,9-10H2,1H3;3-7,10,12H,2,8-9H2,1H3;3-4,6-7,9,12H,2,5,8H2,1H3;9-10H,3-8,13H2,1-2H3;5*5-6H,3-4H2,1-2H3;5*3-4,6H,2,5H2,1H3/b;;;;;5*6-5-;5*4-3+. The molecule has 5 unspecified atom stereocenters. The van der Waals surface area contributed by atoms with Crippen molar-refractivity contribution in [3.63, 3.8) is 0 Å². The minimum Gasteiger partial charge on any atom is -0.427 e. The maximum Gasteiger partial charge on any atom is 0.161 e. The average molecular weight is 2030 g/mol. The summed E-state index contributed by atoms with van der Waals surface area (Å²) in [6.07, 6.45) is 69.8. The van der Waals surface area contributed by atoms with Crippen molar-refractivity contribution in [1.82, 2.24) is 4.98 Å². The maximum atomic E-state index is 9.76. The predicted octanol–water partition coefficient (Wildman–Crippen LogP) is 33.2. The summed E-state index contributed by atoms with van der Waals surface area (Å²) in [6, 6.07) is 50.4. The summed E-state index contributed by atoms with van der Waals surface area (Å²) in [6.45, 7) is 42.6. The maximum absolute atomic E-state index is 9.76. The molecule has 0 aliphatic rings. The van der Waals surface area contributed by atoms with Gasteiger partial charge in [-0.3, -0.25) is 4.98 Å². The number of pyridine rings is 1. The number of hydrogen-bond donors (Lipinski definition) is 10. The molecule has 139 heavy (non-hydrogen) atoms. The highest BCUT2D eigenvalue weighted by Gasteiger charge is 2.12. The van der Waals surface area contributed by atoms with Crippen molar-refractivity contribution in [2.45, 2.75) is 362 Å². The molecule has 0 saturated heterocycles. The van der Waals surface area contributed by atoms with E-state index in [1.165, 1.54) is 145 Å². The third-order valence-electron chi connectivity index (χ3n) is 19.0. The lowest BCUT2D eigenvalue weighted by Crippen LogP contribution is -2.05. The van der Waals surface area contributed by atoms with Crippen LogP contribution in [0.2, 0.25) is 6.04 Å². The van der Waals surface area contributed by atoms with E-state index in [9.17, 15) is 25.5 Å². The quantitative estimate of drug-likeness (QED) is 0.00563. The molecule has 10 N–H and O–H groups in total. The van der Waals surface area contributed by atoms with Crippen molar-refractivity contribution in [1.29, 1.82) is 0 Å². The molecule has 7 aromatic carbocycles. The molecule has 8 rings (SSSR count). The highest BCUT2D eigenvalue weighted by atomic mass is 32.2. The molecule has 0 aliphatic carbocycles. The molecule has 790 valence electrons. The van der Waals surface area contributed by atoms with Crippen LogP contribution in [0.15, 0.2) is 293 Å². The smallest absolute Gasteiger partial charge is 0.161 e. The van der Waals surface area contributed by atoms with Gasteiger partial charge >= 0.3 is 0 Å². The second-order valence-corrected chi connectivity index (χ2v) is 38.7. The number of thioether (sulfide) groups is 5. The molecule has 1 aromatic heterocycles. The zero-order valence-electron chi connectivity index (χ0n) is 90.8. The van der Waals surface area contributed by atoms with Crippen molar-refractivity contribution in [2.75, 3.05) is 74.7 Å². The Hall–Kier alpha value is -6.08. The second-order valence-electron chi connectivity index (χ2n) is 31.1. The molecule has 0 saturated carbocycles. The Kier molecular flexibility index (Phi) is 128. The number of aliphatic hydroxyl groups is 10. The van der Waals surface area contributed by atoms with Crippen LogP contribution in [0.25, 0.3) is 43.1 Å². The van der Waals surface area contributed by atoms with E-state index in [1.54, 1.807) is 73.4 Å². The monoisotopic (exact) mass is 2030 g/mol. The van der Waals surface area contributed by atoms with E-state index in [2.05, 4.69) is 244 Å². The third-order valence-corrected chi connectivity index (χ3v) is 25.6.